The molecule has 0 unspecified atom stereocenters. The van der Waals surface area contributed by atoms with Gasteiger partial charge in [0, 0.05) is 17.7 Å². The summed E-state index contributed by atoms with van der Waals surface area (Å²) in [6.07, 6.45) is -4.60. The van der Waals surface area contributed by atoms with Crippen LogP contribution in [0.3, 0.4) is 0 Å². The lowest BCUT2D eigenvalue weighted by Crippen LogP contribution is -2.07. The fourth-order valence-corrected chi connectivity index (χ4v) is 2.36. The molecule has 10 heteroatoms. The van der Waals surface area contributed by atoms with Crippen LogP contribution in [0.15, 0.2) is 47.0 Å². The van der Waals surface area contributed by atoms with Crippen molar-refractivity contribution in [2.24, 2.45) is 0 Å². The van der Waals surface area contributed by atoms with Crippen LogP contribution in [-0.4, -0.2) is 15.1 Å². The molecule has 6 nitrogen and oxygen atoms in total. The van der Waals surface area contributed by atoms with Crippen LogP contribution < -0.4 is 0 Å². The van der Waals surface area contributed by atoms with E-state index in [9.17, 15) is 23.3 Å². The molecule has 0 N–H and O–H groups in total. The van der Waals surface area contributed by atoms with E-state index in [4.69, 9.17) is 16.1 Å². The van der Waals surface area contributed by atoms with Crippen LogP contribution in [0.1, 0.15) is 5.56 Å². The predicted molar refractivity (Wildman–Crippen MR) is 81.8 cm³/mol. The van der Waals surface area contributed by atoms with Crippen molar-refractivity contribution in [1.29, 1.82) is 0 Å². The molecule has 1 heterocycles. The second-order valence-electron chi connectivity index (χ2n) is 4.89. The van der Waals surface area contributed by atoms with Crippen molar-refractivity contribution in [3.8, 4) is 22.8 Å². The van der Waals surface area contributed by atoms with Crippen LogP contribution in [0.4, 0.5) is 18.9 Å². The number of aromatic nitrogens is 2. The molecule has 3 aromatic rings. The number of alkyl halides is 3. The van der Waals surface area contributed by atoms with Gasteiger partial charge in [-0.25, -0.2) is 0 Å². The Kier molecular flexibility index (Phi) is 4.17. The zero-order valence-electron chi connectivity index (χ0n) is 12.1. The second kappa shape index (κ2) is 6.17. The molecule has 0 aliphatic rings. The first-order valence-corrected chi connectivity index (χ1v) is 7.10. The van der Waals surface area contributed by atoms with Gasteiger partial charge in [0.25, 0.3) is 11.6 Å². The van der Waals surface area contributed by atoms with E-state index in [1.807, 2.05) is 0 Å². The largest absolute Gasteiger partial charge is 0.417 e. The average molecular weight is 370 g/mol. The average Bonchev–Trinajstić information content (AvgIpc) is 3.04. The number of non-ortho nitro benzene ring substituents is 1. The number of hydrogen-bond acceptors (Lipinski definition) is 5. The smallest absolute Gasteiger partial charge is 0.334 e. The molecule has 0 radical (unpaired) electrons. The number of hydrogen-bond donors (Lipinski definition) is 0. The summed E-state index contributed by atoms with van der Waals surface area (Å²) in [7, 11) is 0. The maximum Gasteiger partial charge on any atom is 0.417 e. The summed E-state index contributed by atoms with van der Waals surface area (Å²) >= 11 is 5.96. The second-order valence-corrected chi connectivity index (χ2v) is 5.29. The molecule has 0 fully saturated rings. The normalized spacial score (nSPS) is 11.5. The number of halogens is 4. The molecule has 0 atom stereocenters. The van der Waals surface area contributed by atoms with Crippen LogP contribution in [0.2, 0.25) is 5.02 Å². The van der Waals surface area contributed by atoms with E-state index in [-0.39, 0.29) is 33.6 Å². The third-order valence-electron chi connectivity index (χ3n) is 3.29. The topological polar surface area (TPSA) is 82.1 Å². The van der Waals surface area contributed by atoms with Gasteiger partial charge in [-0.3, -0.25) is 10.1 Å². The molecule has 25 heavy (non-hydrogen) atoms. The molecule has 128 valence electrons. The molecular formula is C15H7ClF3N3O3. The van der Waals surface area contributed by atoms with Crippen LogP contribution in [0.25, 0.3) is 22.8 Å². The van der Waals surface area contributed by atoms with Crippen LogP contribution >= 0.6 is 11.6 Å². The number of nitro benzene ring substituents is 1. The summed E-state index contributed by atoms with van der Waals surface area (Å²) in [4.78, 5) is 14.1. The minimum Gasteiger partial charge on any atom is -0.334 e. The van der Waals surface area contributed by atoms with E-state index in [0.29, 0.717) is 0 Å². The van der Waals surface area contributed by atoms with Gasteiger partial charge in [-0.15, -0.1) is 0 Å². The number of nitro groups is 1. The first-order chi connectivity index (χ1) is 11.8. The molecule has 1 aromatic heterocycles. The van der Waals surface area contributed by atoms with E-state index >= 15 is 0 Å². The summed E-state index contributed by atoms with van der Waals surface area (Å²) in [5.41, 5.74) is -1.41. The van der Waals surface area contributed by atoms with Crippen molar-refractivity contribution in [3.63, 3.8) is 0 Å². The molecular weight excluding hydrogens is 363 g/mol. The summed E-state index contributed by atoms with van der Waals surface area (Å²) < 4.78 is 44.2. The fourth-order valence-electron chi connectivity index (χ4n) is 2.16. The lowest BCUT2D eigenvalue weighted by molar-refractivity contribution is -0.384. The Morgan fingerprint density at radius 3 is 2.52 bits per heavy atom. The molecule has 0 aliphatic carbocycles. The van der Waals surface area contributed by atoms with Gasteiger partial charge >= 0.3 is 6.18 Å². The molecule has 0 saturated heterocycles. The highest BCUT2D eigenvalue weighted by Gasteiger charge is 2.34. The minimum atomic E-state index is -4.60. The third kappa shape index (κ3) is 3.31. The van der Waals surface area contributed by atoms with E-state index in [2.05, 4.69) is 10.1 Å². The summed E-state index contributed by atoms with van der Waals surface area (Å²) in [5, 5.41) is 14.5. The monoisotopic (exact) mass is 369 g/mol. The zero-order chi connectivity index (χ0) is 18.2. The van der Waals surface area contributed by atoms with Gasteiger partial charge < -0.3 is 4.52 Å². The maximum atomic E-state index is 13.1. The van der Waals surface area contributed by atoms with E-state index in [0.717, 1.165) is 12.1 Å². The first-order valence-electron chi connectivity index (χ1n) is 6.72. The quantitative estimate of drug-likeness (QED) is 0.480. The molecule has 3 rings (SSSR count). The Hall–Kier alpha value is -2.94. The highest BCUT2D eigenvalue weighted by atomic mass is 35.5. The standard InChI is InChI=1S/C15H7ClF3N3O3/c16-12-6-5-8(22(23)24)7-10(12)14-20-13(21-25-14)9-3-1-2-4-11(9)15(17,18)19/h1-7H. The number of nitrogens with zero attached hydrogens (tertiary/aromatic N) is 3. The lowest BCUT2D eigenvalue weighted by Gasteiger charge is -2.09. The first kappa shape index (κ1) is 16.9. The predicted octanol–water partition coefficient (Wildman–Crippen LogP) is 4.98. The van der Waals surface area contributed by atoms with Crippen molar-refractivity contribution in [2.75, 3.05) is 0 Å². The Balaban J connectivity index is 2.09. The van der Waals surface area contributed by atoms with Crippen molar-refractivity contribution >= 4 is 17.3 Å². The highest BCUT2D eigenvalue weighted by Crippen LogP contribution is 2.37. The molecule has 0 bridgehead atoms. The lowest BCUT2D eigenvalue weighted by atomic mass is 10.1. The maximum absolute atomic E-state index is 13.1. The highest BCUT2D eigenvalue weighted by molar-refractivity contribution is 6.33. The van der Waals surface area contributed by atoms with Crippen molar-refractivity contribution in [2.45, 2.75) is 6.18 Å². The summed E-state index contributed by atoms with van der Waals surface area (Å²) in [5.74, 6) is -0.522. The van der Waals surface area contributed by atoms with Gasteiger partial charge in [-0.1, -0.05) is 35.0 Å². The van der Waals surface area contributed by atoms with E-state index < -0.39 is 16.7 Å². The van der Waals surface area contributed by atoms with Gasteiger partial charge in [0.15, 0.2) is 0 Å². The molecule has 0 amide bonds. The summed E-state index contributed by atoms with van der Waals surface area (Å²) in [6, 6.07) is 8.30. The number of benzene rings is 2. The Morgan fingerprint density at radius 1 is 1.12 bits per heavy atom. The van der Waals surface area contributed by atoms with Crippen molar-refractivity contribution in [1.82, 2.24) is 10.1 Å². The van der Waals surface area contributed by atoms with Crippen LogP contribution in [-0.2, 0) is 6.18 Å². The summed E-state index contributed by atoms with van der Waals surface area (Å²) in [6.45, 7) is 0. The zero-order valence-corrected chi connectivity index (χ0v) is 12.9. The molecule has 2 aromatic carbocycles. The van der Waals surface area contributed by atoms with Gasteiger partial charge in [0.2, 0.25) is 5.82 Å². The SMILES string of the molecule is O=[N+]([O-])c1ccc(Cl)c(-c2nc(-c3ccccc3C(F)(F)F)no2)c1. The van der Waals surface area contributed by atoms with E-state index in [1.54, 1.807) is 0 Å². The van der Waals surface area contributed by atoms with Crippen LogP contribution in [0, 0.1) is 10.1 Å². The Bertz CT molecular complexity index is 956. The van der Waals surface area contributed by atoms with Gasteiger partial charge in [-0.2, -0.15) is 18.2 Å². The third-order valence-corrected chi connectivity index (χ3v) is 3.62. The Morgan fingerprint density at radius 2 is 1.84 bits per heavy atom. The minimum absolute atomic E-state index is 0.0547. The molecule has 0 saturated carbocycles. The number of rotatable bonds is 3. The van der Waals surface area contributed by atoms with Crippen LogP contribution in [0.5, 0.6) is 0 Å². The Labute approximate surface area is 143 Å². The van der Waals surface area contributed by atoms with Gasteiger partial charge in [-0.05, 0) is 12.1 Å². The van der Waals surface area contributed by atoms with Crippen molar-refractivity contribution in [3.05, 3.63) is 63.2 Å². The van der Waals surface area contributed by atoms with Crippen molar-refractivity contribution < 1.29 is 22.6 Å². The molecule has 0 spiro atoms. The molecule has 0 aliphatic heterocycles. The van der Waals surface area contributed by atoms with E-state index in [1.165, 1.54) is 30.3 Å². The van der Waals surface area contributed by atoms with Gasteiger partial charge in [0.1, 0.15) is 0 Å². The fraction of sp³-hybridized carbons (Fsp3) is 0.0667. The van der Waals surface area contributed by atoms with Gasteiger partial charge in [0.05, 0.1) is 21.1 Å².